The maximum absolute atomic E-state index is 9.69. The van der Waals surface area contributed by atoms with Crippen molar-refractivity contribution in [3.05, 3.63) is 35.9 Å². The summed E-state index contributed by atoms with van der Waals surface area (Å²) in [6.07, 6.45) is -0.261. The minimum Gasteiger partial charge on any atom is -0.411 e. The number of aliphatic hydroxyl groups is 1. The molecule has 1 unspecified atom stereocenters. The second kappa shape index (κ2) is 4.62. The van der Waals surface area contributed by atoms with Crippen molar-refractivity contribution >= 4 is 5.71 Å². The summed E-state index contributed by atoms with van der Waals surface area (Å²) in [5, 5.41) is 21.3. The van der Waals surface area contributed by atoms with E-state index < -0.39 is 6.10 Å². The van der Waals surface area contributed by atoms with Crippen molar-refractivity contribution in [3.8, 4) is 0 Å². The van der Waals surface area contributed by atoms with Gasteiger partial charge < -0.3 is 10.3 Å². The monoisotopic (exact) mass is 179 g/mol. The predicted molar refractivity (Wildman–Crippen MR) is 50.9 cm³/mol. The van der Waals surface area contributed by atoms with E-state index in [0.29, 0.717) is 12.1 Å². The lowest BCUT2D eigenvalue weighted by Crippen LogP contribution is -2.10. The molecule has 0 aliphatic carbocycles. The zero-order valence-electron chi connectivity index (χ0n) is 7.51. The summed E-state index contributed by atoms with van der Waals surface area (Å²) in [6, 6.07) is 9.14. The minimum absolute atomic E-state index is 0.381. The van der Waals surface area contributed by atoms with Gasteiger partial charge in [-0.15, -0.1) is 0 Å². The van der Waals surface area contributed by atoms with Crippen LogP contribution < -0.4 is 0 Å². The number of hydrogen-bond donors (Lipinski definition) is 2. The van der Waals surface area contributed by atoms with Crippen LogP contribution in [-0.4, -0.2) is 16.0 Å². The Kier molecular flexibility index (Phi) is 3.46. The fourth-order valence-electron chi connectivity index (χ4n) is 1.15. The van der Waals surface area contributed by atoms with Crippen molar-refractivity contribution in [2.45, 2.75) is 19.4 Å². The van der Waals surface area contributed by atoms with E-state index in [9.17, 15) is 5.11 Å². The Morgan fingerprint density at radius 3 is 2.46 bits per heavy atom. The summed E-state index contributed by atoms with van der Waals surface area (Å²) in [7, 11) is 0. The molecule has 3 nitrogen and oxygen atoms in total. The van der Waals surface area contributed by atoms with Gasteiger partial charge in [0, 0.05) is 0 Å². The highest BCUT2D eigenvalue weighted by molar-refractivity contribution is 5.88. The topological polar surface area (TPSA) is 52.8 Å². The Bertz CT molecular complexity index is 282. The number of oxime groups is 1. The highest BCUT2D eigenvalue weighted by Gasteiger charge is 2.12. The number of aliphatic hydroxyl groups excluding tert-OH is 1. The highest BCUT2D eigenvalue weighted by atomic mass is 16.4. The Morgan fingerprint density at radius 2 is 2.00 bits per heavy atom. The van der Waals surface area contributed by atoms with Gasteiger partial charge in [0.1, 0.15) is 6.10 Å². The number of rotatable bonds is 3. The summed E-state index contributed by atoms with van der Waals surface area (Å²) in [4.78, 5) is 0. The van der Waals surface area contributed by atoms with E-state index >= 15 is 0 Å². The van der Waals surface area contributed by atoms with E-state index in [2.05, 4.69) is 5.16 Å². The molecule has 0 aromatic heterocycles. The molecule has 1 aromatic carbocycles. The molecular formula is C10H13NO2. The molecule has 0 bridgehead atoms. The average Bonchev–Trinajstić information content (AvgIpc) is 2.21. The molecule has 2 N–H and O–H groups in total. The quantitative estimate of drug-likeness (QED) is 0.423. The third kappa shape index (κ3) is 2.29. The van der Waals surface area contributed by atoms with Gasteiger partial charge in [-0.05, 0) is 12.0 Å². The maximum atomic E-state index is 9.69. The summed E-state index contributed by atoms with van der Waals surface area (Å²) >= 11 is 0. The SMILES string of the molecule is CC/C(=N/O)C(O)c1ccccc1. The van der Waals surface area contributed by atoms with Crippen molar-refractivity contribution in [1.82, 2.24) is 0 Å². The molecule has 0 fully saturated rings. The normalized spacial score (nSPS) is 14.2. The van der Waals surface area contributed by atoms with Crippen LogP contribution in [0.15, 0.2) is 35.5 Å². The van der Waals surface area contributed by atoms with Crippen molar-refractivity contribution in [1.29, 1.82) is 0 Å². The van der Waals surface area contributed by atoms with Crippen LogP contribution in [0.25, 0.3) is 0 Å². The molecule has 0 saturated carbocycles. The molecule has 3 heteroatoms. The Hall–Kier alpha value is -1.35. The predicted octanol–water partition coefficient (Wildman–Crippen LogP) is 1.96. The van der Waals surface area contributed by atoms with E-state index in [1.54, 1.807) is 12.1 Å². The third-order valence-corrected chi connectivity index (χ3v) is 1.92. The molecule has 70 valence electrons. The van der Waals surface area contributed by atoms with Crippen molar-refractivity contribution < 1.29 is 10.3 Å². The van der Waals surface area contributed by atoms with Crippen LogP contribution in [0.3, 0.4) is 0 Å². The van der Waals surface area contributed by atoms with Gasteiger partial charge in [-0.1, -0.05) is 42.4 Å². The first-order chi connectivity index (χ1) is 6.29. The first-order valence-electron chi connectivity index (χ1n) is 4.23. The lowest BCUT2D eigenvalue weighted by Gasteiger charge is -2.10. The van der Waals surface area contributed by atoms with E-state index in [-0.39, 0.29) is 0 Å². The smallest absolute Gasteiger partial charge is 0.120 e. The molecule has 1 rings (SSSR count). The van der Waals surface area contributed by atoms with E-state index in [0.717, 1.165) is 5.56 Å². The van der Waals surface area contributed by atoms with E-state index in [1.165, 1.54) is 0 Å². The van der Waals surface area contributed by atoms with Crippen LogP contribution in [-0.2, 0) is 0 Å². The van der Waals surface area contributed by atoms with E-state index in [1.807, 2.05) is 25.1 Å². The Morgan fingerprint density at radius 1 is 1.38 bits per heavy atom. The zero-order valence-corrected chi connectivity index (χ0v) is 7.51. The Balaban J connectivity index is 2.85. The zero-order chi connectivity index (χ0) is 9.68. The second-order valence-corrected chi connectivity index (χ2v) is 2.76. The first-order valence-corrected chi connectivity index (χ1v) is 4.23. The fraction of sp³-hybridized carbons (Fsp3) is 0.300. The molecule has 0 amide bonds. The second-order valence-electron chi connectivity index (χ2n) is 2.76. The van der Waals surface area contributed by atoms with Gasteiger partial charge in [0.25, 0.3) is 0 Å². The van der Waals surface area contributed by atoms with Crippen LogP contribution in [0.2, 0.25) is 0 Å². The molecular weight excluding hydrogens is 166 g/mol. The number of benzene rings is 1. The summed E-state index contributed by atoms with van der Waals surface area (Å²) < 4.78 is 0. The van der Waals surface area contributed by atoms with Gasteiger partial charge in [0.05, 0.1) is 5.71 Å². The van der Waals surface area contributed by atoms with Crippen molar-refractivity contribution in [2.24, 2.45) is 5.16 Å². The largest absolute Gasteiger partial charge is 0.411 e. The molecule has 0 saturated heterocycles. The van der Waals surface area contributed by atoms with Gasteiger partial charge in [0.2, 0.25) is 0 Å². The van der Waals surface area contributed by atoms with Gasteiger partial charge in [-0.2, -0.15) is 0 Å². The van der Waals surface area contributed by atoms with Crippen LogP contribution in [0, 0.1) is 0 Å². The lowest BCUT2D eigenvalue weighted by molar-refractivity contribution is 0.232. The molecule has 13 heavy (non-hydrogen) atoms. The average molecular weight is 179 g/mol. The maximum Gasteiger partial charge on any atom is 0.120 e. The molecule has 0 aliphatic heterocycles. The highest BCUT2D eigenvalue weighted by Crippen LogP contribution is 2.15. The van der Waals surface area contributed by atoms with Crippen molar-refractivity contribution in [3.63, 3.8) is 0 Å². The number of hydrogen-bond acceptors (Lipinski definition) is 3. The minimum atomic E-state index is -0.795. The van der Waals surface area contributed by atoms with Gasteiger partial charge in [-0.25, -0.2) is 0 Å². The molecule has 0 radical (unpaired) electrons. The van der Waals surface area contributed by atoms with Crippen LogP contribution in [0.5, 0.6) is 0 Å². The fourth-order valence-corrected chi connectivity index (χ4v) is 1.15. The van der Waals surface area contributed by atoms with Gasteiger partial charge >= 0.3 is 0 Å². The van der Waals surface area contributed by atoms with Gasteiger partial charge in [0.15, 0.2) is 0 Å². The summed E-state index contributed by atoms with van der Waals surface area (Å²) in [6.45, 7) is 1.83. The van der Waals surface area contributed by atoms with Crippen molar-refractivity contribution in [2.75, 3.05) is 0 Å². The molecule has 0 heterocycles. The van der Waals surface area contributed by atoms with Crippen LogP contribution in [0.4, 0.5) is 0 Å². The number of nitrogens with zero attached hydrogens (tertiary/aromatic N) is 1. The first kappa shape index (κ1) is 9.74. The molecule has 0 spiro atoms. The molecule has 1 aromatic rings. The lowest BCUT2D eigenvalue weighted by atomic mass is 10.0. The molecule has 1 atom stereocenters. The molecule has 0 aliphatic rings. The van der Waals surface area contributed by atoms with Crippen LogP contribution in [0.1, 0.15) is 25.0 Å². The third-order valence-electron chi connectivity index (χ3n) is 1.92. The summed E-state index contributed by atoms with van der Waals surface area (Å²) in [5.41, 5.74) is 1.13. The van der Waals surface area contributed by atoms with E-state index in [4.69, 9.17) is 5.21 Å². The standard InChI is InChI=1S/C10H13NO2/c1-2-9(11-13)10(12)8-6-4-3-5-7-8/h3-7,10,12-13H,2H2,1H3/b11-9-. The summed E-state index contributed by atoms with van der Waals surface area (Å²) in [5.74, 6) is 0. The van der Waals surface area contributed by atoms with Gasteiger partial charge in [-0.3, -0.25) is 0 Å². The Labute approximate surface area is 77.3 Å². The van der Waals surface area contributed by atoms with Crippen LogP contribution >= 0.6 is 0 Å².